The molecule has 1 aromatic carbocycles. The average molecular weight is 318 g/mol. The van der Waals surface area contributed by atoms with E-state index in [1.807, 2.05) is 41.8 Å². The highest BCUT2D eigenvalue weighted by Crippen LogP contribution is 2.28. The van der Waals surface area contributed by atoms with Gasteiger partial charge in [-0.1, -0.05) is 42.1 Å². The van der Waals surface area contributed by atoms with Crippen molar-refractivity contribution in [2.24, 2.45) is 5.73 Å². The summed E-state index contributed by atoms with van der Waals surface area (Å²) in [5.74, 6) is -0.426. The van der Waals surface area contributed by atoms with E-state index in [0.29, 0.717) is 0 Å². The van der Waals surface area contributed by atoms with E-state index in [1.54, 1.807) is 13.1 Å². The van der Waals surface area contributed by atoms with Crippen molar-refractivity contribution in [3.8, 4) is 11.3 Å². The van der Waals surface area contributed by atoms with Gasteiger partial charge in [-0.15, -0.1) is 0 Å². The van der Waals surface area contributed by atoms with Crippen molar-refractivity contribution in [2.75, 3.05) is 0 Å². The van der Waals surface area contributed by atoms with Crippen LogP contribution in [0.2, 0.25) is 0 Å². The predicted molar refractivity (Wildman–Crippen MR) is 86.4 cm³/mol. The minimum atomic E-state index is -0.846. The minimum Gasteiger partial charge on any atom is -0.351 e. The van der Waals surface area contributed by atoms with E-state index in [9.17, 15) is 9.59 Å². The zero-order chi connectivity index (χ0) is 16.1. The number of benzene rings is 1. The molecule has 0 aliphatic carbocycles. The summed E-state index contributed by atoms with van der Waals surface area (Å²) >= 11 is 1.29. The molecule has 0 bridgehead atoms. The monoisotopic (exact) mass is 318 g/mol. The number of imidazole rings is 1. The van der Waals surface area contributed by atoms with Gasteiger partial charge in [-0.25, -0.2) is 9.78 Å². The van der Waals surface area contributed by atoms with Crippen molar-refractivity contribution >= 4 is 23.7 Å². The second-order valence-corrected chi connectivity index (χ2v) is 5.96. The van der Waals surface area contributed by atoms with Gasteiger partial charge in [-0.3, -0.25) is 10.1 Å². The Labute approximate surface area is 133 Å². The Bertz CT molecular complexity index is 669. The van der Waals surface area contributed by atoms with Crippen molar-refractivity contribution in [2.45, 2.75) is 30.8 Å². The SMILES string of the molecule is CCn1c(-c2ccccc2)cnc1SC(C)C(=O)NC(N)=O. The first kappa shape index (κ1) is 16.1. The summed E-state index contributed by atoms with van der Waals surface area (Å²) in [6.07, 6.45) is 1.79. The molecule has 0 spiro atoms. The highest BCUT2D eigenvalue weighted by Gasteiger charge is 2.19. The summed E-state index contributed by atoms with van der Waals surface area (Å²) in [6.45, 7) is 4.46. The van der Waals surface area contributed by atoms with Crippen LogP contribution in [0, 0.1) is 0 Å². The molecule has 0 radical (unpaired) electrons. The van der Waals surface area contributed by atoms with Crippen LogP contribution in [0.1, 0.15) is 13.8 Å². The van der Waals surface area contributed by atoms with E-state index >= 15 is 0 Å². The highest BCUT2D eigenvalue weighted by atomic mass is 32.2. The number of imide groups is 1. The molecular weight excluding hydrogens is 300 g/mol. The lowest BCUT2D eigenvalue weighted by molar-refractivity contribution is -0.119. The van der Waals surface area contributed by atoms with Crippen LogP contribution in [0.5, 0.6) is 0 Å². The Morgan fingerprint density at radius 2 is 2.05 bits per heavy atom. The van der Waals surface area contributed by atoms with Gasteiger partial charge in [-0.05, 0) is 19.4 Å². The molecule has 0 saturated carbocycles. The Balaban J connectivity index is 2.21. The summed E-state index contributed by atoms with van der Waals surface area (Å²) in [5, 5.41) is 2.34. The maximum Gasteiger partial charge on any atom is 0.318 e. The lowest BCUT2D eigenvalue weighted by Gasteiger charge is -2.12. The van der Waals surface area contributed by atoms with Crippen molar-refractivity contribution in [1.29, 1.82) is 0 Å². The van der Waals surface area contributed by atoms with Crippen molar-refractivity contribution < 1.29 is 9.59 Å². The number of thioether (sulfide) groups is 1. The van der Waals surface area contributed by atoms with Crippen molar-refractivity contribution in [3.05, 3.63) is 36.5 Å². The molecule has 1 heterocycles. The molecule has 0 fully saturated rings. The summed E-state index contributed by atoms with van der Waals surface area (Å²) in [6, 6.07) is 9.08. The molecule has 1 atom stereocenters. The Kier molecular flexibility index (Phi) is 5.21. The van der Waals surface area contributed by atoms with Gasteiger partial charge in [0.2, 0.25) is 5.91 Å². The molecule has 0 saturated heterocycles. The molecule has 7 heteroatoms. The first-order chi connectivity index (χ1) is 10.5. The molecule has 3 amide bonds. The third-order valence-corrected chi connectivity index (χ3v) is 4.21. The molecule has 2 aromatic rings. The van der Waals surface area contributed by atoms with Gasteiger partial charge in [-0.2, -0.15) is 0 Å². The zero-order valence-electron chi connectivity index (χ0n) is 12.4. The number of hydrogen-bond acceptors (Lipinski definition) is 4. The van der Waals surface area contributed by atoms with Crippen LogP contribution in [0.3, 0.4) is 0 Å². The molecule has 2 rings (SSSR count). The van der Waals surface area contributed by atoms with E-state index in [2.05, 4.69) is 10.3 Å². The average Bonchev–Trinajstić information content (AvgIpc) is 2.90. The minimum absolute atomic E-state index is 0.426. The van der Waals surface area contributed by atoms with Crippen LogP contribution in [0.15, 0.2) is 41.7 Å². The Morgan fingerprint density at radius 3 is 2.64 bits per heavy atom. The second kappa shape index (κ2) is 7.13. The highest BCUT2D eigenvalue weighted by molar-refractivity contribution is 8.00. The van der Waals surface area contributed by atoms with Gasteiger partial charge >= 0.3 is 6.03 Å². The van der Waals surface area contributed by atoms with Gasteiger partial charge in [0.1, 0.15) is 0 Å². The predicted octanol–water partition coefficient (Wildman–Crippen LogP) is 2.25. The molecule has 3 N–H and O–H groups in total. The van der Waals surface area contributed by atoms with Crippen LogP contribution in [0.25, 0.3) is 11.3 Å². The summed E-state index contributed by atoms with van der Waals surface area (Å²) < 4.78 is 2.04. The lowest BCUT2D eigenvalue weighted by Crippen LogP contribution is -2.39. The number of nitrogens with one attached hydrogen (secondary N) is 1. The van der Waals surface area contributed by atoms with Gasteiger partial charge in [0.05, 0.1) is 17.1 Å². The fourth-order valence-corrected chi connectivity index (χ4v) is 2.98. The number of urea groups is 1. The van der Waals surface area contributed by atoms with E-state index in [0.717, 1.165) is 23.0 Å². The quantitative estimate of drug-likeness (QED) is 0.827. The van der Waals surface area contributed by atoms with Gasteiger partial charge in [0.15, 0.2) is 5.16 Å². The fraction of sp³-hybridized carbons (Fsp3) is 0.267. The lowest BCUT2D eigenvalue weighted by atomic mass is 10.2. The van der Waals surface area contributed by atoms with E-state index < -0.39 is 17.2 Å². The Hall–Kier alpha value is -2.28. The van der Waals surface area contributed by atoms with Crippen molar-refractivity contribution in [3.63, 3.8) is 0 Å². The summed E-state index contributed by atoms with van der Waals surface area (Å²) in [5.41, 5.74) is 7.02. The molecule has 0 aliphatic heterocycles. The van der Waals surface area contributed by atoms with E-state index in [4.69, 9.17) is 5.73 Å². The molecule has 22 heavy (non-hydrogen) atoms. The molecule has 116 valence electrons. The number of carbonyl (C=O) groups excluding carboxylic acids is 2. The number of amides is 3. The van der Waals surface area contributed by atoms with Crippen molar-refractivity contribution in [1.82, 2.24) is 14.9 Å². The topological polar surface area (TPSA) is 90.0 Å². The molecule has 1 aromatic heterocycles. The van der Waals surface area contributed by atoms with Crippen LogP contribution in [-0.4, -0.2) is 26.7 Å². The van der Waals surface area contributed by atoms with E-state index in [-0.39, 0.29) is 0 Å². The van der Waals surface area contributed by atoms with E-state index in [1.165, 1.54) is 11.8 Å². The fourth-order valence-electron chi connectivity index (χ4n) is 2.03. The molecule has 0 aliphatic rings. The van der Waals surface area contributed by atoms with Crippen LogP contribution in [0.4, 0.5) is 4.79 Å². The van der Waals surface area contributed by atoms with Gasteiger partial charge < -0.3 is 10.3 Å². The number of rotatable bonds is 5. The largest absolute Gasteiger partial charge is 0.351 e. The number of nitrogens with zero attached hydrogens (tertiary/aromatic N) is 2. The normalized spacial score (nSPS) is 11.9. The summed E-state index contributed by atoms with van der Waals surface area (Å²) in [4.78, 5) is 26.9. The third-order valence-electron chi connectivity index (χ3n) is 3.10. The maximum atomic E-state index is 11.8. The number of carbonyl (C=O) groups is 2. The van der Waals surface area contributed by atoms with Gasteiger partial charge in [0.25, 0.3) is 0 Å². The Morgan fingerprint density at radius 1 is 1.36 bits per heavy atom. The van der Waals surface area contributed by atoms with Crippen LogP contribution >= 0.6 is 11.8 Å². The van der Waals surface area contributed by atoms with Crippen LogP contribution < -0.4 is 11.1 Å². The number of nitrogens with two attached hydrogens (primary N) is 1. The van der Waals surface area contributed by atoms with Crippen LogP contribution in [-0.2, 0) is 11.3 Å². The summed E-state index contributed by atoms with van der Waals surface area (Å²) in [7, 11) is 0. The second-order valence-electron chi connectivity index (χ2n) is 4.65. The standard InChI is InChI=1S/C15H18N4O2S/c1-3-19-12(11-7-5-4-6-8-11)9-17-15(19)22-10(2)13(20)18-14(16)21/h4-10H,3H2,1-2H3,(H3,16,18,20,21). The molecule has 1 unspecified atom stereocenters. The molecule has 6 nitrogen and oxygen atoms in total. The first-order valence-corrected chi connectivity index (χ1v) is 7.78. The van der Waals surface area contributed by atoms with Gasteiger partial charge in [0, 0.05) is 6.54 Å². The first-order valence-electron chi connectivity index (χ1n) is 6.90. The number of hydrogen-bond donors (Lipinski definition) is 2. The number of aromatic nitrogens is 2. The smallest absolute Gasteiger partial charge is 0.318 e. The third kappa shape index (κ3) is 3.67. The zero-order valence-corrected chi connectivity index (χ0v) is 13.3. The number of primary amides is 1. The molecular formula is C15H18N4O2S. The maximum absolute atomic E-state index is 11.8.